The molecule has 1 aromatic carbocycles. The Balaban J connectivity index is 1.85. The third kappa shape index (κ3) is 4.27. The number of hydrogen-bond donors (Lipinski definition) is 0. The number of piperazine rings is 1. The number of unbranched alkanes of at least 4 members (excludes halogenated alkanes) is 2. The summed E-state index contributed by atoms with van der Waals surface area (Å²) in [4.78, 5) is 2.64. The molecule has 21 heavy (non-hydrogen) atoms. The summed E-state index contributed by atoms with van der Waals surface area (Å²) in [6.07, 6.45) is 2.51. The van der Waals surface area contributed by atoms with Crippen LogP contribution in [0.4, 0.5) is 0 Å². The van der Waals surface area contributed by atoms with Gasteiger partial charge in [-0.1, -0.05) is 18.2 Å². The molecular formula is C15H21N3O2S. The molecule has 1 saturated heterocycles. The van der Waals surface area contributed by atoms with Crippen LogP contribution in [0, 0.1) is 11.3 Å². The highest BCUT2D eigenvalue weighted by Gasteiger charge is 2.27. The number of rotatable bonds is 6. The minimum Gasteiger partial charge on any atom is -0.301 e. The Hall–Kier alpha value is -1.42. The molecule has 0 unspecified atom stereocenters. The Morgan fingerprint density at radius 1 is 1.05 bits per heavy atom. The lowest BCUT2D eigenvalue weighted by atomic mass is 10.2. The molecule has 0 aromatic heterocycles. The molecule has 1 fully saturated rings. The van der Waals surface area contributed by atoms with Gasteiger partial charge in [-0.25, -0.2) is 8.42 Å². The Labute approximate surface area is 126 Å². The van der Waals surface area contributed by atoms with Crippen LogP contribution in [0.2, 0.25) is 0 Å². The van der Waals surface area contributed by atoms with Gasteiger partial charge in [0.15, 0.2) is 0 Å². The Bertz CT molecular complexity index is 573. The Morgan fingerprint density at radius 3 is 2.33 bits per heavy atom. The number of nitriles is 1. The first-order valence-corrected chi connectivity index (χ1v) is 8.73. The van der Waals surface area contributed by atoms with Crippen molar-refractivity contribution in [1.82, 2.24) is 9.21 Å². The van der Waals surface area contributed by atoms with Gasteiger partial charge in [0.25, 0.3) is 0 Å². The van der Waals surface area contributed by atoms with Gasteiger partial charge < -0.3 is 4.90 Å². The van der Waals surface area contributed by atoms with Crippen molar-refractivity contribution in [2.75, 3.05) is 32.7 Å². The molecule has 0 amide bonds. The van der Waals surface area contributed by atoms with Crippen LogP contribution in [-0.4, -0.2) is 50.3 Å². The molecule has 1 heterocycles. The zero-order valence-electron chi connectivity index (χ0n) is 12.1. The molecule has 1 aliphatic heterocycles. The summed E-state index contributed by atoms with van der Waals surface area (Å²) < 4.78 is 26.5. The minimum atomic E-state index is -3.35. The average molecular weight is 307 g/mol. The molecule has 2 rings (SSSR count). The maximum absolute atomic E-state index is 12.5. The smallest absolute Gasteiger partial charge is 0.243 e. The van der Waals surface area contributed by atoms with E-state index >= 15 is 0 Å². The van der Waals surface area contributed by atoms with E-state index in [1.165, 1.54) is 0 Å². The van der Waals surface area contributed by atoms with Crippen molar-refractivity contribution in [3.63, 3.8) is 0 Å². The van der Waals surface area contributed by atoms with Gasteiger partial charge in [-0.15, -0.1) is 0 Å². The monoisotopic (exact) mass is 307 g/mol. The van der Waals surface area contributed by atoms with Gasteiger partial charge >= 0.3 is 0 Å². The van der Waals surface area contributed by atoms with Crippen LogP contribution in [0.1, 0.15) is 19.3 Å². The normalized spacial score (nSPS) is 17.5. The maximum atomic E-state index is 12.5. The molecule has 1 aromatic rings. The highest BCUT2D eigenvalue weighted by atomic mass is 32.2. The van der Waals surface area contributed by atoms with Crippen molar-refractivity contribution in [1.29, 1.82) is 5.26 Å². The van der Waals surface area contributed by atoms with Gasteiger partial charge in [0.05, 0.1) is 11.0 Å². The van der Waals surface area contributed by atoms with Gasteiger partial charge in [0.2, 0.25) is 10.0 Å². The molecule has 0 saturated carbocycles. The fourth-order valence-electron chi connectivity index (χ4n) is 2.47. The quantitative estimate of drug-likeness (QED) is 0.750. The van der Waals surface area contributed by atoms with Gasteiger partial charge in [-0.05, 0) is 31.5 Å². The van der Waals surface area contributed by atoms with Crippen molar-refractivity contribution in [3.8, 4) is 6.07 Å². The van der Waals surface area contributed by atoms with Crippen molar-refractivity contribution in [2.45, 2.75) is 24.2 Å². The van der Waals surface area contributed by atoms with Crippen LogP contribution in [0.3, 0.4) is 0 Å². The standard InChI is InChI=1S/C15H21N3O2S/c16-9-5-2-6-10-17-11-13-18(14-12-17)21(19,20)15-7-3-1-4-8-15/h1,3-4,7-8H,2,5-6,10-14H2. The Kier molecular flexibility index (Phi) is 5.74. The van der Waals surface area contributed by atoms with Crippen LogP contribution < -0.4 is 0 Å². The van der Waals surface area contributed by atoms with E-state index in [1.807, 2.05) is 6.07 Å². The molecule has 114 valence electrons. The van der Waals surface area contributed by atoms with E-state index in [2.05, 4.69) is 11.0 Å². The lowest BCUT2D eigenvalue weighted by molar-refractivity contribution is 0.186. The lowest BCUT2D eigenvalue weighted by Gasteiger charge is -2.33. The van der Waals surface area contributed by atoms with E-state index in [4.69, 9.17) is 5.26 Å². The van der Waals surface area contributed by atoms with Gasteiger partial charge in [-0.2, -0.15) is 9.57 Å². The van der Waals surface area contributed by atoms with Gasteiger partial charge in [0, 0.05) is 32.6 Å². The van der Waals surface area contributed by atoms with Crippen molar-refractivity contribution < 1.29 is 8.42 Å². The van der Waals surface area contributed by atoms with Crippen molar-refractivity contribution in [3.05, 3.63) is 30.3 Å². The minimum absolute atomic E-state index is 0.368. The van der Waals surface area contributed by atoms with Crippen LogP contribution in [0.15, 0.2) is 35.2 Å². The maximum Gasteiger partial charge on any atom is 0.243 e. The first-order valence-electron chi connectivity index (χ1n) is 7.29. The molecular weight excluding hydrogens is 286 g/mol. The molecule has 0 spiro atoms. The highest BCUT2D eigenvalue weighted by Crippen LogP contribution is 2.17. The van der Waals surface area contributed by atoms with Crippen molar-refractivity contribution in [2.24, 2.45) is 0 Å². The molecule has 0 aliphatic carbocycles. The van der Waals surface area contributed by atoms with E-state index in [1.54, 1.807) is 28.6 Å². The summed E-state index contributed by atoms with van der Waals surface area (Å²) in [7, 11) is -3.35. The topological polar surface area (TPSA) is 64.4 Å². The Morgan fingerprint density at radius 2 is 1.71 bits per heavy atom. The second-order valence-electron chi connectivity index (χ2n) is 5.17. The molecule has 0 atom stereocenters. The first kappa shape index (κ1) is 16.0. The summed E-state index contributed by atoms with van der Waals surface area (Å²) in [5, 5.41) is 8.50. The van der Waals surface area contributed by atoms with Crippen LogP contribution in [0.5, 0.6) is 0 Å². The summed E-state index contributed by atoms with van der Waals surface area (Å²) in [5.41, 5.74) is 0. The van der Waals surface area contributed by atoms with E-state index < -0.39 is 10.0 Å². The largest absolute Gasteiger partial charge is 0.301 e. The predicted octanol–water partition coefficient (Wildman–Crippen LogP) is 1.69. The average Bonchev–Trinajstić information content (AvgIpc) is 2.53. The first-order chi connectivity index (χ1) is 10.1. The van der Waals surface area contributed by atoms with E-state index in [9.17, 15) is 8.42 Å². The van der Waals surface area contributed by atoms with Crippen LogP contribution in [0.25, 0.3) is 0 Å². The zero-order chi connectivity index (χ0) is 15.1. The molecule has 1 aliphatic rings. The van der Waals surface area contributed by atoms with E-state index in [-0.39, 0.29) is 0 Å². The summed E-state index contributed by atoms with van der Waals surface area (Å²) in [6.45, 7) is 3.54. The lowest BCUT2D eigenvalue weighted by Crippen LogP contribution is -2.48. The third-order valence-electron chi connectivity index (χ3n) is 3.73. The van der Waals surface area contributed by atoms with Gasteiger partial charge in [-0.3, -0.25) is 0 Å². The van der Waals surface area contributed by atoms with E-state index in [0.29, 0.717) is 24.4 Å². The number of hydrogen-bond acceptors (Lipinski definition) is 4. The molecule has 0 N–H and O–H groups in total. The zero-order valence-corrected chi connectivity index (χ0v) is 12.9. The number of benzene rings is 1. The summed E-state index contributed by atoms with van der Waals surface area (Å²) >= 11 is 0. The highest BCUT2D eigenvalue weighted by molar-refractivity contribution is 7.89. The summed E-state index contributed by atoms with van der Waals surface area (Å²) in [5.74, 6) is 0. The SMILES string of the molecule is N#CCCCCN1CCN(S(=O)(=O)c2ccccc2)CC1. The van der Waals surface area contributed by atoms with Crippen molar-refractivity contribution >= 4 is 10.0 Å². The molecule has 6 heteroatoms. The predicted molar refractivity (Wildman–Crippen MR) is 81.1 cm³/mol. The van der Waals surface area contributed by atoms with Crippen LogP contribution in [-0.2, 0) is 10.0 Å². The van der Waals surface area contributed by atoms with Gasteiger partial charge in [0.1, 0.15) is 0 Å². The summed E-state index contributed by atoms with van der Waals surface area (Å²) in [6, 6.07) is 10.7. The van der Waals surface area contributed by atoms with E-state index in [0.717, 1.165) is 32.5 Å². The van der Waals surface area contributed by atoms with Crippen LogP contribution >= 0.6 is 0 Å². The molecule has 0 bridgehead atoms. The third-order valence-corrected chi connectivity index (χ3v) is 5.64. The molecule has 5 nitrogen and oxygen atoms in total. The fraction of sp³-hybridized carbons (Fsp3) is 0.533. The molecule has 0 radical (unpaired) electrons. The number of sulfonamides is 1. The fourth-order valence-corrected chi connectivity index (χ4v) is 3.92. The number of nitrogens with zero attached hydrogens (tertiary/aromatic N) is 3. The second-order valence-corrected chi connectivity index (χ2v) is 7.11. The second kappa shape index (κ2) is 7.55.